The highest BCUT2D eigenvalue weighted by Crippen LogP contribution is 2.27. The van der Waals surface area contributed by atoms with E-state index in [1.54, 1.807) is 0 Å². The van der Waals surface area contributed by atoms with Crippen LogP contribution >= 0.6 is 0 Å². The minimum absolute atomic E-state index is 0.106. The van der Waals surface area contributed by atoms with Gasteiger partial charge in [0.25, 0.3) is 0 Å². The smallest absolute Gasteiger partial charge is 0.124 e. The van der Waals surface area contributed by atoms with Crippen LogP contribution in [0, 0.1) is 0 Å². The van der Waals surface area contributed by atoms with Gasteiger partial charge in [0.05, 0.1) is 0 Å². The first-order valence-electron chi connectivity index (χ1n) is 5.71. The Morgan fingerprint density at radius 1 is 1.18 bits per heavy atom. The van der Waals surface area contributed by atoms with Gasteiger partial charge in [-0.15, -0.1) is 0 Å². The minimum atomic E-state index is -0.466. The Kier molecular flexibility index (Phi) is 3.94. The zero-order valence-electron chi connectivity index (χ0n) is 9.87. The van der Waals surface area contributed by atoms with Gasteiger partial charge in [0.1, 0.15) is 19.0 Å². The number of nitrogens with one attached hydrogen (secondary N) is 1. The molecule has 0 aliphatic heterocycles. The van der Waals surface area contributed by atoms with E-state index in [0.717, 1.165) is 16.7 Å². The second-order valence-corrected chi connectivity index (χ2v) is 3.83. The van der Waals surface area contributed by atoms with Gasteiger partial charge in [0.2, 0.25) is 0 Å². The number of benzene rings is 2. The van der Waals surface area contributed by atoms with Gasteiger partial charge >= 0.3 is 0 Å². The molecule has 0 aromatic heterocycles. The number of hydrogen-bond donors (Lipinski definition) is 1. The van der Waals surface area contributed by atoms with Crippen molar-refractivity contribution in [2.24, 2.45) is 0 Å². The zero-order chi connectivity index (χ0) is 12.1. The molecule has 0 saturated carbocycles. The third-order valence-corrected chi connectivity index (χ3v) is 2.69. The SMILES string of the molecule is CNCc1c(OCCF)ccc2ccccc12. The summed E-state index contributed by atoms with van der Waals surface area (Å²) in [5, 5.41) is 5.44. The van der Waals surface area contributed by atoms with Crippen LogP contribution in [0.2, 0.25) is 0 Å². The maximum absolute atomic E-state index is 12.2. The molecule has 2 nitrogen and oxygen atoms in total. The molecule has 2 rings (SSSR count). The van der Waals surface area contributed by atoms with Crippen LogP contribution in [0.3, 0.4) is 0 Å². The van der Waals surface area contributed by atoms with Crippen molar-refractivity contribution in [2.75, 3.05) is 20.3 Å². The number of rotatable bonds is 5. The first-order chi connectivity index (χ1) is 8.36. The Balaban J connectivity index is 2.47. The van der Waals surface area contributed by atoms with E-state index in [-0.39, 0.29) is 6.61 Å². The molecular weight excluding hydrogens is 217 g/mol. The van der Waals surface area contributed by atoms with Crippen molar-refractivity contribution in [3.63, 3.8) is 0 Å². The van der Waals surface area contributed by atoms with Crippen molar-refractivity contribution < 1.29 is 9.13 Å². The summed E-state index contributed by atoms with van der Waals surface area (Å²) < 4.78 is 17.6. The molecule has 0 radical (unpaired) electrons. The van der Waals surface area contributed by atoms with Crippen LogP contribution in [0.25, 0.3) is 10.8 Å². The number of hydrogen-bond acceptors (Lipinski definition) is 2. The van der Waals surface area contributed by atoms with E-state index in [9.17, 15) is 4.39 Å². The van der Waals surface area contributed by atoms with Gasteiger partial charge in [-0.3, -0.25) is 0 Å². The summed E-state index contributed by atoms with van der Waals surface area (Å²) in [7, 11) is 1.89. The van der Waals surface area contributed by atoms with Crippen molar-refractivity contribution in [3.8, 4) is 5.75 Å². The topological polar surface area (TPSA) is 21.3 Å². The summed E-state index contributed by atoms with van der Waals surface area (Å²) >= 11 is 0. The van der Waals surface area contributed by atoms with Crippen LogP contribution in [0.4, 0.5) is 4.39 Å². The van der Waals surface area contributed by atoms with Crippen molar-refractivity contribution in [2.45, 2.75) is 6.54 Å². The Morgan fingerprint density at radius 2 is 2.00 bits per heavy atom. The molecule has 0 aliphatic carbocycles. The molecule has 0 spiro atoms. The van der Waals surface area contributed by atoms with Crippen LogP contribution in [0.15, 0.2) is 36.4 Å². The van der Waals surface area contributed by atoms with Crippen molar-refractivity contribution in [3.05, 3.63) is 42.0 Å². The highest BCUT2D eigenvalue weighted by molar-refractivity contribution is 5.87. The van der Waals surface area contributed by atoms with Crippen molar-refractivity contribution in [1.29, 1.82) is 0 Å². The summed E-state index contributed by atoms with van der Waals surface area (Å²) in [4.78, 5) is 0. The lowest BCUT2D eigenvalue weighted by atomic mass is 10.0. The maximum Gasteiger partial charge on any atom is 0.124 e. The van der Waals surface area contributed by atoms with E-state index in [4.69, 9.17) is 4.74 Å². The van der Waals surface area contributed by atoms with Crippen LogP contribution in [-0.2, 0) is 6.54 Å². The lowest BCUT2D eigenvalue weighted by molar-refractivity contribution is 0.271. The highest BCUT2D eigenvalue weighted by atomic mass is 19.1. The fraction of sp³-hybridized carbons (Fsp3) is 0.286. The average molecular weight is 233 g/mol. The maximum atomic E-state index is 12.2. The zero-order valence-corrected chi connectivity index (χ0v) is 9.87. The molecule has 0 saturated heterocycles. The normalized spacial score (nSPS) is 10.7. The molecule has 17 heavy (non-hydrogen) atoms. The van der Waals surface area contributed by atoms with Crippen LogP contribution in [0.1, 0.15) is 5.56 Å². The van der Waals surface area contributed by atoms with Gasteiger partial charge in [-0.25, -0.2) is 4.39 Å². The summed E-state index contributed by atoms with van der Waals surface area (Å²) in [6, 6.07) is 12.0. The minimum Gasteiger partial charge on any atom is -0.491 e. The fourth-order valence-corrected chi connectivity index (χ4v) is 1.96. The lowest BCUT2D eigenvalue weighted by Gasteiger charge is -2.13. The van der Waals surface area contributed by atoms with Crippen molar-refractivity contribution in [1.82, 2.24) is 5.32 Å². The van der Waals surface area contributed by atoms with E-state index in [1.807, 2.05) is 31.3 Å². The van der Waals surface area contributed by atoms with Gasteiger partial charge < -0.3 is 10.1 Å². The highest BCUT2D eigenvalue weighted by Gasteiger charge is 2.07. The molecule has 0 unspecified atom stereocenters. The molecule has 0 amide bonds. The Bertz CT molecular complexity index is 499. The van der Waals surface area contributed by atoms with Gasteiger partial charge in [0, 0.05) is 12.1 Å². The monoisotopic (exact) mass is 233 g/mol. The van der Waals surface area contributed by atoms with Gasteiger partial charge in [-0.1, -0.05) is 30.3 Å². The molecule has 3 heteroatoms. The summed E-state index contributed by atoms with van der Waals surface area (Å²) in [6.07, 6.45) is 0. The Hall–Kier alpha value is -1.61. The molecular formula is C14H16FNO. The van der Waals surface area contributed by atoms with Gasteiger partial charge in [0.15, 0.2) is 0 Å². The lowest BCUT2D eigenvalue weighted by Crippen LogP contribution is -2.09. The molecule has 0 bridgehead atoms. The summed E-state index contributed by atoms with van der Waals surface area (Å²) in [5.74, 6) is 0.760. The first-order valence-corrected chi connectivity index (χ1v) is 5.71. The molecule has 0 atom stereocenters. The molecule has 1 N–H and O–H groups in total. The summed E-state index contributed by atoms with van der Waals surface area (Å²) in [6.45, 7) is 0.351. The summed E-state index contributed by atoms with van der Waals surface area (Å²) in [5.41, 5.74) is 1.08. The number of halogens is 1. The largest absolute Gasteiger partial charge is 0.491 e. The second-order valence-electron chi connectivity index (χ2n) is 3.83. The fourth-order valence-electron chi connectivity index (χ4n) is 1.96. The van der Waals surface area contributed by atoms with Gasteiger partial charge in [-0.05, 0) is 23.9 Å². The number of ether oxygens (including phenoxy) is 1. The van der Waals surface area contributed by atoms with Crippen molar-refractivity contribution >= 4 is 10.8 Å². The van der Waals surface area contributed by atoms with E-state index in [2.05, 4.69) is 17.4 Å². The third kappa shape index (κ3) is 2.56. The molecule has 2 aromatic carbocycles. The average Bonchev–Trinajstić information content (AvgIpc) is 2.38. The Morgan fingerprint density at radius 3 is 2.76 bits per heavy atom. The predicted molar refractivity (Wildman–Crippen MR) is 68.2 cm³/mol. The molecule has 0 heterocycles. The Labute approximate surface area is 100 Å². The molecule has 2 aromatic rings. The van der Waals surface area contributed by atoms with Crippen LogP contribution in [0.5, 0.6) is 5.75 Å². The molecule has 90 valence electrons. The van der Waals surface area contributed by atoms with E-state index < -0.39 is 6.67 Å². The molecule has 0 aliphatic rings. The van der Waals surface area contributed by atoms with E-state index >= 15 is 0 Å². The van der Waals surface area contributed by atoms with E-state index in [0.29, 0.717) is 6.54 Å². The predicted octanol–water partition coefficient (Wildman–Crippen LogP) is 2.91. The quantitative estimate of drug-likeness (QED) is 0.857. The number of fused-ring (bicyclic) bond motifs is 1. The van der Waals surface area contributed by atoms with E-state index in [1.165, 1.54) is 5.39 Å². The molecule has 0 fully saturated rings. The third-order valence-electron chi connectivity index (χ3n) is 2.69. The standard InChI is InChI=1S/C14H16FNO/c1-16-10-13-12-5-3-2-4-11(12)6-7-14(13)17-9-8-15/h2-7,16H,8-10H2,1H3. The van der Waals surface area contributed by atoms with Crippen LogP contribution in [-0.4, -0.2) is 20.3 Å². The van der Waals surface area contributed by atoms with Gasteiger partial charge in [-0.2, -0.15) is 0 Å². The number of alkyl halides is 1. The van der Waals surface area contributed by atoms with Crippen LogP contribution < -0.4 is 10.1 Å². The first kappa shape index (κ1) is 11.9. The second kappa shape index (κ2) is 5.64.